The van der Waals surface area contributed by atoms with Gasteiger partial charge in [-0.05, 0) is 13.0 Å². The van der Waals surface area contributed by atoms with Crippen LogP contribution in [0.5, 0.6) is 0 Å². The monoisotopic (exact) mass is 108 g/mol. The summed E-state index contributed by atoms with van der Waals surface area (Å²) < 4.78 is 4.84. The lowest BCUT2D eigenvalue weighted by Gasteiger charge is -1.74. The minimum absolute atomic E-state index is 0.597. The first-order chi connectivity index (χ1) is 3.93. The SMILES string of the molecule is [CH2]/C=C/c1ncco1. The smallest absolute Gasteiger partial charge is 0.218 e. The maximum atomic E-state index is 4.84. The van der Waals surface area contributed by atoms with Gasteiger partial charge in [0.2, 0.25) is 5.89 Å². The highest BCUT2D eigenvalue weighted by molar-refractivity contribution is 5.37. The molecule has 2 nitrogen and oxygen atoms in total. The molecule has 0 aliphatic carbocycles. The van der Waals surface area contributed by atoms with Crippen LogP contribution in [0.15, 0.2) is 23.0 Å². The third-order valence-electron chi connectivity index (χ3n) is 0.712. The molecule has 0 saturated carbocycles. The molecule has 0 N–H and O–H groups in total. The van der Waals surface area contributed by atoms with Crippen LogP contribution in [0.25, 0.3) is 6.08 Å². The third kappa shape index (κ3) is 0.964. The molecule has 1 aromatic rings. The Kier molecular flexibility index (Phi) is 1.47. The van der Waals surface area contributed by atoms with Crippen molar-refractivity contribution < 1.29 is 4.42 Å². The van der Waals surface area contributed by atoms with Crippen molar-refractivity contribution >= 4 is 6.08 Å². The number of oxazole rings is 1. The van der Waals surface area contributed by atoms with E-state index in [9.17, 15) is 0 Å². The molecule has 0 bridgehead atoms. The van der Waals surface area contributed by atoms with E-state index in [0.29, 0.717) is 5.89 Å². The van der Waals surface area contributed by atoms with Gasteiger partial charge in [0.25, 0.3) is 0 Å². The highest BCUT2D eigenvalue weighted by Crippen LogP contribution is 1.95. The first-order valence-corrected chi connectivity index (χ1v) is 2.29. The Bertz CT molecular complexity index is 165. The molecule has 0 spiro atoms. The fourth-order valence-electron chi connectivity index (χ4n) is 0.418. The highest BCUT2D eigenvalue weighted by atomic mass is 16.3. The van der Waals surface area contributed by atoms with Crippen LogP contribution >= 0.6 is 0 Å². The standard InChI is InChI=1S/C6H6NO/c1-2-3-6-7-4-5-8-6/h2-5H,1H2/b3-2+. The molecule has 2 heteroatoms. The van der Waals surface area contributed by atoms with Gasteiger partial charge in [-0.1, -0.05) is 6.08 Å². The van der Waals surface area contributed by atoms with Crippen molar-refractivity contribution in [3.63, 3.8) is 0 Å². The molecule has 41 valence electrons. The average molecular weight is 108 g/mol. The Labute approximate surface area is 47.9 Å². The molecule has 1 rings (SSSR count). The van der Waals surface area contributed by atoms with Crippen molar-refractivity contribution in [2.75, 3.05) is 0 Å². The summed E-state index contributed by atoms with van der Waals surface area (Å²) in [5.41, 5.74) is 0. The number of rotatable bonds is 1. The fraction of sp³-hybridized carbons (Fsp3) is 0. The quantitative estimate of drug-likeness (QED) is 0.545. The van der Waals surface area contributed by atoms with Crippen LogP contribution in [0, 0.1) is 6.92 Å². The first kappa shape index (κ1) is 5.09. The van der Waals surface area contributed by atoms with Crippen molar-refractivity contribution in [2.24, 2.45) is 0 Å². The topological polar surface area (TPSA) is 26.0 Å². The number of nitrogens with zero attached hydrogens (tertiary/aromatic N) is 1. The molecule has 0 fully saturated rings. The van der Waals surface area contributed by atoms with E-state index in [2.05, 4.69) is 11.9 Å². The Morgan fingerprint density at radius 2 is 2.62 bits per heavy atom. The van der Waals surface area contributed by atoms with Crippen molar-refractivity contribution in [1.82, 2.24) is 4.98 Å². The zero-order chi connectivity index (χ0) is 5.82. The van der Waals surface area contributed by atoms with Crippen LogP contribution in [-0.2, 0) is 0 Å². The second-order valence-corrected chi connectivity index (χ2v) is 1.27. The third-order valence-corrected chi connectivity index (χ3v) is 0.712. The summed E-state index contributed by atoms with van der Waals surface area (Å²) in [7, 11) is 0. The van der Waals surface area contributed by atoms with Crippen molar-refractivity contribution in [3.05, 3.63) is 31.4 Å². The van der Waals surface area contributed by atoms with Gasteiger partial charge in [0.1, 0.15) is 6.26 Å². The summed E-state index contributed by atoms with van der Waals surface area (Å²) in [6.07, 6.45) is 6.44. The summed E-state index contributed by atoms with van der Waals surface area (Å²) in [6.45, 7) is 3.48. The number of aromatic nitrogens is 1. The van der Waals surface area contributed by atoms with Gasteiger partial charge < -0.3 is 4.42 Å². The van der Waals surface area contributed by atoms with Crippen molar-refractivity contribution in [1.29, 1.82) is 0 Å². The van der Waals surface area contributed by atoms with Crippen LogP contribution in [-0.4, -0.2) is 4.98 Å². The predicted octanol–water partition coefficient (Wildman–Crippen LogP) is 1.52. The van der Waals surface area contributed by atoms with E-state index in [0.717, 1.165) is 0 Å². The molecule has 0 aliphatic heterocycles. The van der Waals surface area contributed by atoms with Gasteiger partial charge in [-0.3, -0.25) is 0 Å². The highest BCUT2D eigenvalue weighted by Gasteiger charge is 1.83. The average Bonchev–Trinajstić information content (AvgIpc) is 2.19. The molecule has 8 heavy (non-hydrogen) atoms. The van der Waals surface area contributed by atoms with Crippen molar-refractivity contribution in [2.45, 2.75) is 0 Å². The summed E-state index contributed by atoms with van der Waals surface area (Å²) in [5, 5.41) is 0. The minimum atomic E-state index is 0.597. The van der Waals surface area contributed by atoms with Crippen LogP contribution in [0.1, 0.15) is 5.89 Å². The molecule has 1 aromatic heterocycles. The van der Waals surface area contributed by atoms with Crippen molar-refractivity contribution in [3.8, 4) is 0 Å². The first-order valence-electron chi connectivity index (χ1n) is 2.29. The Balaban J connectivity index is 2.77. The van der Waals surface area contributed by atoms with Gasteiger partial charge in [-0.15, -0.1) is 0 Å². The van der Waals surface area contributed by atoms with E-state index < -0.39 is 0 Å². The zero-order valence-electron chi connectivity index (χ0n) is 4.37. The van der Waals surface area contributed by atoms with E-state index in [1.807, 2.05) is 0 Å². The van der Waals surface area contributed by atoms with E-state index in [1.54, 1.807) is 18.3 Å². The molecule has 0 unspecified atom stereocenters. The van der Waals surface area contributed by atoms with Crippen LogP contribution in [0.4, 0.5) is 0 Å². The summed E-state index contributed by atoms with van der Waals surface area (Å²) in [6, 6.07) is 0. The van der Waals surface area contributed by atoms with Crippen LogP contribution in [0.3, 0.4) is 0 Å². The van der Waals surface area contributed by atoms with Gasteiger partial charge in [0.15, 0.2) is 0 Å². The van der Waals surface area contributed by atoms with E-state index >= 15 is 0 Å². The van der Waals surface area contributed by atoms with Gasteiger partial charge in [0, 0.05) is 0 Å². The number of hydrogen-bond acceptors (Lipinski definition) is 2. The molecule has 1 heterocycles. The molecule has 0 aromatic carbocycles. The summed E-state index contributed by atoms with van der Waals surface area (Å²) in [5.74, 6) is 0.597. The second-order valence-electron chi connectivity index (χ2n) is 1.27. The van der Waals surface area contributed by atoms with Gasteiger partial charge >= 0.3 is 0 Å². The Hall–Kier alpha value is -1.05. The largest absolute Gasteiger partial charge is 0.445 e. The zero-order valence-corrected chi connectivity index (χ0v) is 4.37. The van der Waals surface area contributed by atoms with E-state index in [-0.39, 0.29) is 0 Å². The molecule has 0 atom stereocenters. The summed E-state index contributed by atoms with van der Waals surface area (Å²) in [4.78, 5) is 3.81. The number of allylic oxidation sites excluding steroid dienone is 1. The van der Waals surface area contributed by atoms with Crippen LogP contribution < -0.4 is 0 Å². The Morgan fingerprint density at radius 3 is 3.12 bits per heavy atom. The lowest BCUT2D eigenvalue weighted by molar-refractivity contribution is 0.546. The molecule has 0 saturated heterocycles. The molecule has 0 amide bonds. The van der Waals surface area contributed by atoms with Gasteiger partial charge in [0.05, 0.1) is 6.20 Å². The second kappa shape index (κ2) is 2.31. The molecular weight excluding hydrogens is 102 g/mol. The molecule has 1 radical (unpaired) electrons. The van der Waals surface area contributed by atoms with Crippen LogP contribution in [0.2, 0.25) is 0 Å². The molecule has 0 aliphatic rings. The predicted molar refractivity (Wildman–Crippen MR) is 30.9 cm³/mol. The normalized spacial score (nSPS) is 10.6. The lowest BCUT2D eigenvalue weighted by Crippen LogP contribution is -1.63. The summed E-state index contributed by atoms with van der Waals surface area (Å²) >= 11 is 0. The van der Waals surface area contributed by atoms with E-state index in [4.69, 9.17) is 4.42 Å². The van der Waals surface area contributed by atoms with E-state index in [1.165, 1.54) is 6.26 Å². The number of hydrogen-bond donors (Lipinski definition) is 0. The fourth-order valence-corrected chi connectivity index (χ4v) is 0.418. The maximum Gasteiger partial charge on any atom is 0.218 e. The Morgan fingerprint density at radius 1 is 1.75 bits per heavy atom. The van der Waals surface area contributed by atoms with Gasteiger partial charge in [-0.2, -0.15) is 0 Å². The minimum Gasteiger partial charge on any atom is -0.445 e. The maximum absolute atomic E-state index is 4.84. The van der Waals surface area contributed by atoms with Gasteiger partial charge in [-0.25, -0.2) is 4.98 Å². The molecular formula is C6H6NO. The lowest BCUT2D eigenvalue weighted by atomic mass is 10.5.